The van der Waals surface area contributed by atoms with E-state index in [1.165, 1.54) is 18.5 Å². The number of nitrogens with zero attached hydrogens (tertiary/aromatic N) is 3. The number of hydrogen-bond donors (Lipinski definition) is 0. The Bertz CT molecular complexity index is 428. The lowest BCUT2D eigenvalue weighted by molar-refractivity contribution is 0.624. The van der Waals surface area contributed by atoms with Crippen molar-refractivity contribution in [3.8, 4) is 0 Å². The molecule has 72 valence electrons. The molecule has 5 heteroatoms. The third-order valence-corrected chi connectivity index (χ3v) is 2.17. The Kier molecular flexibility index (Phi) is 2.45. The molecular weight excluding hydrogens is 205 g/mol. The van der Waals surface area contributed by atoms with Crippen molar-refractivity contribution in [2.24, 2.45) is 0 Å². The number of aromatic nitrogens is 3. The number of rotatable bonds is 2. The number of halogens is 2. The van der Waals surface area contributed by atoms with Crippen molar-refractivity contribution in [3.63, 3.8) is 0 Å². The van der Waals surface area contributed by atoms with Crippen LogP contribution in [0, 0.1) is 5.82 Å². The second-order valence-corrected chi connectivity index (χ2v) is 3.24. The molecule has 0 aliphatic carbocycles. The Morgan fingerprint density at radius 2 is 2.29 bits per heavy atom. The fourth-order valence-electron chi connectivity index (χ4n) is 1.14. The average Bonchev–Trinajstić information content (AvgIpc) is 2.62. The largest absolute Gasteiger partial charge is 0.249 e. The van der Waals surface area contributed by atoms with E-state index >= 15 is 0 Å². The van der Waals surface area contributed by atoms with Gasteiger partial charge in [-0.3, -0.25) is 0 Å². The van der Waals surface area contributed by atoms with Crippen molar-refractivity contribution in [3.05, 3.63) is 47.3 Å². The number of benzene rings is 1. The SMILES string of the molecule is Fc1ccc(Cn2cncn2)c(Cl)c1. The maximum absolute atomic E-state index is 12.7. The summed E-state index contributed by atoms with van der Waals surface area (Å²) in [6.07, 6.45) is 3.02. The van der Waals surface area contributed by atoms with E-state index in [0.29, 0.717) is 11.6 Å². The Morgan fingerprint density at radius 1 is 1.43 bits per heavy atom. The van der Waals surface area contributed by atoms with Crippen LogP contribution in [0.3, 0.4) is 0 Å². The first-order valence-corrected chi connectivity index (χ1v) is 4.40. The highest BCUT2D eigenvalue weighted by Gasteiger charge is 2.02. The van der Waals surface area contributed by atoms with E-state index in [2.05, 4.69) is 10.1 Å². The molecule has 0 saturated heterocycles. The molecule has 0 radical (unpaired) electrons. The third kappa shape index (κ3) is 1.90. The third-order valence-electron chi connectivity index (χ3n) is 1.81. The van der Waals surface area contributed by atoms with Gasteiger partial charge in [0, 0.05) is 5.02 Å². The van der Waals surface area contributed by atoms with Gasteiger partial charge < -0.3 is 0 Å². The van der Waals surface area contributed by atoms with Gasteiger partial charge in [-0.25, -0.2) is 14.1 Å². The summed E-state index contributed by atoms with van der Waals surface area (Å²) in [6, 6.07) is 4.30. The summed E-state index contributed by atoms with van der Waals surface area (Å²) < 4.78 is 14.3. The van der Waals surface area contributed by atoms with Crippen molar-refractivity contribution < 1.29 is 4.39 Å². The monoisotopic (exact) mass is 211 g/mol. The van der Waals surface area contributed by atoms with Gasteiger partial charge in [0.25, 0.3) is 0 Å². The predicted octanol–water partition coefficient (Wildman–Crippen LogP) is 2.12. The molecule has 0 fully saturated rings. The molecule has 0 amide bonds. The molecule has 0 aliphatic rings. The zero-order valence-corrected chi connectivity index (χ0v) is 7.95. The van der Waals surface area contributed by atoms with Gasteiger partial charge in [0.2, 0.25) is 0 Å². The molecule has 0 unspecified atom stereocenters. The molecule has 2 aromatic rings. The Labute approximate surface area is 85.1 Å². The maximum atomic E-state index is 12.7. The maximum Gasteiger partial charge on any atom is 0.137 e. The van der Waals surface area contributed by atoms with Crippen LogP contribution in [0.2, 0.25) is 5.02 Å². The highest BCUT2D eigenvalue weighted by Crippen LogP contribution is 2.17. The fourth-order valence-corrected chi connectivity index (χ4v) is 1.37. The Balaban J connectivity index is 2.25. The lowest BCUT2D eigenvalue weighted by Crippen LogP contribution is -2.00. The first-order valence-electron chi connectivity index (χ1n) is 4.02. The molecule has 0 N–H and O–H groups in total. The van der Waals surface area contributed by atoms with Crippen molar-refractivity contribution in [1.82, 2.24) is 14.8 Å². The number of hydrogen-bond acceptors (Lipinski definition) is 2. The minimum Gasteiger partial charge on any atom is -0.249 e. The molecule has 0 bridgehead atoms. The average molecular weight is 212 g/mol. The van der Waals surface area contributed by atoms with Crippen LogP contribution in [-0.2, 0) is 6.54 Å². The Hall–Kier alpha value is -1.42. The first-order chi connectivity index (χ1) is 6.75. The van der Waals surface area contributed by atoms with Crippen LogP contribution < -0.4 is 0 Å². The van der Waals surface area contributed by atoms with Crippen molar-refractivity contribution in [2.45, 2.75) is 6.54 Å². The van der Waals surface area contributed by atoms with Gasteiger partial charge in [0.1, 0.15) is 18.5 Å². The molecular formula is C9H7ClFN3. The summed E-state index contributed by atoms with van der Waals surface area (Å²) in [5.74, 6) is -0.336. The second kappa shape index (κ2) is 3.75. The molecule has 0 saturated carbocycles. The molecule has 0 atom stereocenters. The fraction of sp³-hybridized carbons (Fsp3) is 0.111. The summed E-state index contributed by atoms with van der Waals surface area (Å²) in [5, 5.41) is 4.33. The zero-order chi connectivity index (χ0) is 9.97. The van der Waals surface area contributed by atoms with Crippen molar-refractivity contribution in [1.29, 1.82) is 0 Å². The topological polar surface area (TPSA) is 30.7 Å². The summed E-state index contributed by atoms with van der Waals surface area (Å²) in [6.45, 7) is 0.499. The van der Waals surface area contributed by atoms with Gasteiger partial charge in [-0.2, -0.15) is 5.10 Å². The standard InChI is InChI=1S/C9H7ClFN3/c10-9-3-8(11)2-1-7(9)4-14-6-12-5-13-14/h1-3,5-6H,4H2. The molecule has 3 nitrogen and oxygen atoms in total. The summed E-state index contributed by atoms with van der Waals surface area (Å²) >= 11 is 5.84. The predicted molar refractivity (Wildman–Crippen MR) is 50.5 cm³/mol. The molecule has 0 spiro atoms. The molecule has 14 heavy (non-hydrogen) atoms. The van der Waals surface area contributed by atoms with E-state index in [1.807, 2.05) is 0 Å². The van der Waals surface area contributed by atoms with Crippen LogP contribution in [-0.4, -0.2) is 14.8 Å². The smallest absolute Gasteiger partial charge is 0.137 e. The summed E-state index contributed by atoms with van der Waals surface area (Å²) in [7, 11) is 0. The quantitative estimate of drug-likeness (QED) is 0.762. The van der Waals surface area contributed by atoms with Crippen LogP contribution in [0.5, 0.6) is 0 Å². The van der Waals surface area contributed by atoms with E-state index in [9.17, 15) is 4.39 Å². The van der Waals surface area contributed by atoms with E-state index in [4.69, 9.17) is 11.6 Å². The van der Waals surface area contributed by atoms with E-state index in [0.717, 1.165) is 5.56 Å². The summed E-state index contributed by atoms with van der Waals surface area (Å²) in [4.78, 5) is 3.80. The van der Waals surface area contributed by atoms with E-state index in [1.54, 1.807) is 17.1 Å². The molecule has 2 rings (SSSR count). The minimum atomic E-state index is -0.336. The highest BCUT2D eigenvalue weighted by molar-refractivity contribution is 6.31. The van der Waals surface area contributed by atoms with E-state index < -0.39 is 0 Å². The molecule has 0 aliphatic heterocycles. The van der Waals surface area contributed by atoms with Gasteiger partial charge in [0.05, 0.1) is 6.54 Å². The summed E-state index contributed by atoms with van der Waals surface area (Å²) in [5.41, 5.74) is 0.818. The lowest BCUT2D eigenvalue weighted by Gasteiger charge is -2.03. The first kappa shape index (κ1) is 9.15. The van der Waals surface area contributed by atoms with Gasteiger partial charge >= 0.3 is 0 Å². The molecule has 1 aromatic carbocycles. The lowest BCUT2D eigenvalue weighted by atomic mass is 10.2. The molecule has 1 aromatic heterocycles. The van der Waals surface area contributed by atoms with Gasteiger partial charge in [0.15, 0.2) is 0 Å². The van der Waals surface area contributed by atoms with Crippen LogP contribution in [0.1, 0.15) is 5.56 Å². The minimum absolute atomic E-state index is 0.336. The normalized spacial score (nSPS) is 10.4. The van der Waals surface area contributed by atoms with E-state index in [-0.39, 0.29) is 5.82 Å². The van der Waals surface area contributed by atoms with Crippen LogP contribution >= 0.6 is 11.6 Å². The van der Waals surface area contributed by atoms with Crippen LogP contribution in [0.15, 0.2) is 30.9 Å². The molecule has 1 heterocycles. The zero-order valence-electron chi connectivity index (χ0n) is 7.19. The van der Waals surface area contributed by atoms with Gasteiger partial charge in [-0.05, 0) is 17.7 Å². The van der Waals surface area contributed by atoms with Crippen molar-refractivity contribution in [2.75, 3.05) is 0 Å². The van der Waals surface area contributed by atoms with Crippen LogP contribution in [0.25, 0.3) is 0 Å². The van der Waals surface area contributed by atoms with Crippen molar-refractivity contribution >= 4 is 11.6 Å². The van der Waals surface area contributed by atoms with Crippen LogP contribution in [0.4, 0.5) is 4.39 Å². The second-order valence-electron chi connectivity index (χ2n) is 2.83. The van der Waals surface area contributed by atoms with Gasteiger partial charge in [-0.15, -0.1) is 0 Å². The van der Waals surface area contributed by atoms with Gasteiger partial charge in [-0.1, -0.05) is 17.7 Å². The Morgan fingerprint density at radius 3 is 2.93 bits per heavy atom. The highest BCUT2D eigenvalue weighted by atomic mass is 35.5.